The SMILES string of the molecule is CCOc1cc([C@@H]2NC(=O)NC(C)=C2C(=O)OC)ccc1OC[C@H](O)N/N=C\c1ccc(-c2cccc([N+](=O)[O-])c2)o1. The summed E-state index contributed by atoms with van der Waals surface area (Å²) in [5, 5.41) is 30.6. The van der Waals surface area contributed by atoms with E-state index in [2.05, 4.69) is 21.2 Å². The summed E-state index contributed by atoms with van der Waals surface area (Å²) in [4.78, 5) is 35.0. The number of esters is 1. The Morgan fingerprint density at radius 1 is 1.21 bits per heavy atom. The van der Waals surface area contributed by atoms with E-state index in [4.69, 9.17) is 18.6 Å². The number of non-ortho nitro benzene ring substituents is 1. The van der Waals surface area contributed by atoms with Gasteiger partial charge in [0, 0.05) is 23.4 Å². The molecule has 14 heteroatoms. The number of rotatable bonds is 12. The van der Waals surface area contributed by atoms with Crippen LogP contribution in [0.3, 0.4) is 0 Å². The summed E-state index contributed by atoms with van der Waals surface area (Å²) in [5.41, 5.74) is 4.19. The fourth-order valence-electron chi connectivity index (χ4n) is 4.16. The van der Waals surface area contributed by atoms with Gasteiger partial charge in [0.05, 0.1) is 36.5 Å². The minimum absolute atomic E-state index is 0.0537. The monoisotopic (exact) mass is 579 g/mol. The molecule has 2 amide bonds. The van der Waals surface area contributed by atoms with Crippen LogP contribution in [0.1, 0.15) is 31.2 Å². The first-order chi connectivity index (χ1) is 20.2. The number of carbonyl (C=O) groups is 2. The van der Waals surface area contributed by atoms with E-state index in [-0.39, 0.29) is 17.9 Å². The lowest BCUT2D eigenvalue weighted by Crippen LogP contribution is -2.45. The van der Waals surface area contributed by atoms with Crippen LogP contribution in [0.4, 0.5) is 10.5 Å². The van der Waals surface area contributed by atoms with Gasteiger partial charge in [0.15, 0.2) is 17.7 Å². The highest BCUT2D eigenvalue weighted by atomic mass is 16.6. The molecule has 14 nitrogen and oxygen atoms in total. The number of carbonyl (C=O) groups excluding carboxylic acids is 2. The zero-order valence-electron chi connectivity index (χ0n) is 23.0. The average Bonchev–Trinajstić information content (AvgIpc) is 3.45. The maximum Gasteiger partial charge on any atom is 0.337 e. The summed E-state index contributed by atoms with van der Waals surface area (Å²) >= 11 is 0. The van der Waals surface area contributed by atoms with E-state index >= 15 is 0 Å². The van der Waals surface area contributed by atoms with Crippen LogP contribution in [0.5, 0.6) is 11.5 Å². The predicted octanol–water partition coefficient (Wildman–Crippen LogP) is 3.38. The van der Waals surface area contributed by atoms with Gasteiger partial charge in [0.2, 0.25) is 0 Å². The fraction of sp³-hybridized carbons (Fsp3) is 0.250. The van der Waals surface area contributed by atoms with Gasteiger partial charge in [0.1, 0.15) is 18.1 Å². The van der Waals surface area contributed by atoms with Gasteiger partial charge in [0.25, 0.3) is 5.69 Å². The second-order valence-corrected chi connectivity index (χ2v) is 8.92. The number of amides is 2. The summed E-state index contributed by atoms with van der Waals surface area (Å²) in [6, 6.07) is 13.0. The van der Waals surface area contributed by atoms with Crippen molar-refractivity contribution in [2.45, 2.75) is 26.1 Å². The van der Waals surface area contributed by atoms with Crippen molar-refractivity contribution in [2.24, 2.45) is 5.10 Å². The third-order valence-corrected chi connectivity index (χ3v) is 6.06. The van der Waals surface area contributed by atoms with Crippen molar-refractivity contribution in [1.82, 2.24) is 16.1 Å². The summed E-state index contributed by atoms with van der Waals surface area (Å²) < 4.78 is 22.0. The molecule has 0 radical (unpaired) electrons. The molecule has 1 aromatic heterocycles. The van der Waals surface area contributed by atoms with E-state index in [1.54, 1.807) is 56.3 Å². The molecule has 2 heterocycles. The molecule has 0 saturated carbocycles. The summed E-state index contributed by atoms with van der Waals surface area (Å²) in [5.74, 6) is 0.840. The third-order valence-electron chi connectivity index (χ3n) is 6.06. The van der Waals surface area contributed by atoms with Gasteiger partial charge in [-0.1, -0.05) is 18.2 Å². The predicted molar refractivity (Wildman–Crippen MR) is 150 cm³/mol. The van der Waals surface area contributed by atoms with Gasteiger partial charge in [-0.05, 0) is 43.7 Å². The number of hydrogen-bond acceptors (Lipinski definition) is 11. The Balaban J connectivity index is 1.39. The third kappa shape index (κ3) is 7.03. The Morgan fingerprint density at radius 2 is 2.02 bits per heavy atom. The average molecular weight is 580 g/mol. The summed E-state index contributed by atoms with van der Waals surface area (Å²) in [7, 11) is 1.26. The lowest BCUT2D eigenvalue weighted by Gasteiger charge is -2.28. The van der Waals surface area contributed by atoms with Gasteiger partial charge in [-0.25, -0.2) is 9.59 Å². The van der Waals surface area contributed by atoms with Crippen molar-refractivity contribution < 1.29 is 38.2 Å². The second-order valence-electron chi connectivity index (χ2n) is 8.92. The molecule has 0 unspecified atom stereocenters. The Kier molecular flexibility index (Phi) is 9.39. The highest BCUT2D eigenvalue weighted by molar-refractivity contribution is 5.95. The molecule has 4 N–H and O–H groups in total. The quantitative estimate of drug-likeness (QED) is 0.0814. The standard InChI is InChI=1S/C28H29N5O9/c1-4-40-23-13-18(26-25(27(35)39-3)16(2)30-28(36)31-26)8-10-22(23)41-15-24(34)32-29-14-20-9-11-21(42-20)17-6-5-7-19(12-17)33(37)38/h5-14,24,26,32,34H,4,15H2,1-3H3,(H2,30,31,36)/b29-14-/t24-,26-/m0/s1. The molecule has 1 aliphatic rings. The van der Waals surface area contributed by atoms with Gasteiger partial charge < -0.3 is 34.4 Å². The molecule has 3 aromatic rings. The van der Waals surface area contributed by atoms with Gasteiger partial charge in [-0.2, -0.15) is 5.10 Å². The van der Waals surface area contributed by atoms with Crippen molar-refractivity contribution >= 4 is 23.9 Å². The maximum atomic E-state index is 12.4. The largest absolute Gasteiger partial charge is 0.490 e. The molecule has 2 atom stereocenters. The van der Waals surface area contributed by atoms with Crippen LogP contribution < -0.4 is 25.5 Å². The Labute approximate surface area is 240 Å². The minimum atomic E-state index is -1.21. The highest BCUT2D eigenvalue weighted by Gasteiger charge is 2.32. The first-order valence-electron chi connectivity index (χ1n) is 12.8. The van der Waals surface area contributed by atoms with Crippen LogP contribution in [-0.2, 0) is 9.53 Å². The van der Waals surface area contributed by atoms with E-state index < -0.39 is 29.2 Å². The van der Waals surface area contributed by atoms with Gasteiger partial charge in [-0.3, -0.25) is 15.5 Å². The first-order valence-corrected chi connectivity index (χ1v) is 12.8. The molecule has 42 heavy (non-hydrogen) atoms. The number of hydrogen-bond donors (Lipinski definition) is 4. The van der Waals surface area contributed by atoms with Crippen LogP contribution in [-0.4, -0.2) is 54.8 Å². The van der Waals surface area contributed by atoms with Crippen LogP contribution in [0.15, 0.2) is 75.4 Å². The number of hydrazone groups is 1. The molecule has 2 aromatic carbocycles. The number of aliphatic hydroxyl groups is 1. The van der Waals surface area contributed by atoms with Crippen molar-refractivity contribution in [1.29, 1.82) is 0 Å². The zero-order chi connectivity index (χ0) is 30.2. The van der Waals surface area contributed by atoms with Crippen LogP contribution in [0.2, 0.25) is 0 Å². The number of benzene rings is 2. The Hall–Kier alpha value is -5.37. The van der Waals surface area contributed by atoms with Crippen LogP contribution >= 0.6 is 0 Å². The topological polar surface area (TPSA) is 187 Å². The number of nitro benzene ring substituents is 1. The molecule has 0 bridgehead atoms. The summed E-state index contributed by atoms with van der Waals surface area (Å²) in [6.45, 7) is 3.50. The number of allylic oxidation sites excluding steroid dienone is 1. The lowest BCUT2D eigenvalue weighted by atomic mass is 9.95. The van der Waals surface area contributed by atoms with E-state index in [0.29, 0.717) is 46.5 Å². The van der Waals surface area contributed by atoms with E-state index in [9.17, 15) is 24.8 Å². The van der Waals surface area contributed by atoms with Crippen molar-refractivity contribution in [3.63, 3.8) is 0 Å². The van der Waals surface area contributed by atoms with Gasteiger partial charge in [-0.15, -0.1) is 0 Å². The number of nitro groups is 1. The van der Waals surface area contributed by atoms with Crippen molar-refractivity contribution in [3.05, 3.63) is 87.3 Å². The number of nitrogens with one attached hydrogen (secondary N) is 3. The second kappa shape index (κ2) is 13.3. The molecule has 1 aliphatic heterocycles. The highest BCUT2D eigenvalue weighted by Crippen LogP contribution is 2.35. The molecule has 4 rings (SSSR count). The lowest BCUT2D eigenvalue weighted by molar-refractivity contribution is -0.384. The number of urea groups is 1. The Morgan fingerprint density at radius 3 is 2.76 bits per heavy atom. The van der Waals surface area contributed by atoms with Crippen molar-refractivity contribution in [3.8, 4) is 22.8 Å². The number of aliphatic hydroxyl groups excluding tert-OH is 1. The van der Waals surface area contributed by atoms with Gasteiger partial charge >= 0.3 is 12.0 Å². The summed E-state index contributed by atoms with van der Waals surface area (Å²) in [6.07, 6.45) is 0.133. The number of methoxy groups -OCH3 is 1. The normalized spacial score (nSPS) is 15.5. The molecule has 220 valence electrons. The number of furan rings is 1. The van der Waals surface area contributed by atoms with E-state index in [1.165, 1.54) is 25.5 Å². The minimum Gasteiger partial charge on any atom is -0.490 e. The molecular formula is C28H29N5O9. The molecule has 0 spiro atoms. The number of ether oxygens (including phenoxy) is 3. The molecule has 0 fully saturated rings. The molecule has 0 aliphatic carbocycles. The maximum absolute atomic E-state index is 12.4. The number of nitrogens with zero attached hydrogens (tertiary/aromatic N) is 2. The molecular weight excluding hydrogens is 550 g/mol. The Bertz CT molecular complexity index is 1530. The zero-order valence-corrected chi connectivity index (χ0v) is 23.0. The van der Waals surface area contributed by atoms with Crippen molar-refractivity contribution in [2.75, 3.05) is 20.3 Å². The first kappa shape index (κ1) is 29.6. The van der Waals surface area contributed by atoms with Crippen LogP contribution in [0, 0.1) is 10.1 Å². The fourth-order valence-corrected chi connectivity index (χ4v) is 4.16. The van der Waals surface area contributed by atoms with Crippen LogP contribution in [0.25, 0.3) is 11.3 Å². The van der Waals surface area contributed by atoms with E-state index in [1.807, 2.05) is 0 Å². The smallest absolute Gasteiger partial charge is 0.337 e. The van der Waals surface area contributed by atoms with E-state index in [0.717, 1.165) is 0 Å². The molecule has 0 saturated heterocycles.